The topological polar surface area (TPSA) is 195 Å². The molecule has 4 rings (SSSR count). The number of amides is 4. The molecule has 1 heterocycles. The van der Waals surface area contributed by atoms with Crippen LogP contribution in [0.15, 0.2) is 41.3 Å². The number of hydroxylamine groups is 2. The predicted octanol–water partition coefficient (Wildman–Crippen LogP) is 1.95. The Labute approximate surface area is 221 Å². The van der Waals surface area contributed by atoms with Gasteiger partial charge < -0.3 is 20.1 Å². The zero-order valence-corrected chi connectivity index (χ0v) is 21.4. The molecule has 0 radical (unpaired) electrons. The summed E-state index contributed by atoms with van der Waals surface area (Å²) >= 11 is 0. The average molecular weight is 562 g/mol. The second-order valence-corrected chi connectivity index (χ2v) is 10.1. The maximum Gasteiger partial charge on any atom is 0.533 e. The zero-order chi connectivity index (χ0) is 28.5. The summed E-state index contributed by atoms with van der Waals surface area (Å²) in [6, 6.07) is 7.83. The van der Waals surface area contributed by atoms with Crippen molar-refractivity contribution >= 4 is 45.8 Å². The van der Waals surface area contributed by atoms with Gasteiger partial charge in [0.1, 0.15) is 12.6 Å². The summed E-state index contributed by atoms with van der Waals surface area (Å²) in [5.74, 6) is -2.72. The number of methoxy groups -OCH3 is 1. The molecule has 2 aliphatic rings. The number of fused-ring (bicyclic) bond motifs is 3. The van der Waals surface area contributed by atoms with Gasteiger partial charge in [0, 0.05) is 24.4 Å². The predicted molar refractivity (Wildman–Crippen MR) is 131 cm³/mol. The van der Waals surface area contributed by atoms with Crippen LogP contribution in [-0.2, 0) is 38.8 Å². The van der Waals surface area contributed by atoms with E-state index < -0.39 is 58.7 Å². The Morgan fingerprint density at radius 1 is 1.05 bits per heavy atom. The second-order valence-electron chi connectivity index (χ2n) is 8.66. The van der Waals surface area contributed by atoms with Crippen molar-refractivity contribution in [3.05, 3.63) is 47.5 Å². The van der Waals surface area contributed by atoms with Crippen LogP contribution in [0.2, 0.25) is 0 Å². The molecule has 2 unspecified atom stereocenters. The van der Waals surface area contributed by atoms with Gasteiger partial charge in [0.25, 0.3) is 21.9 Å². The highest BCUT2D eigenvalue weighted by atomic mass is 32.2. The summed E-state index contributed by atoms with van der Waals surface area (Å²) in [6.45, 7) is 1.05. The number of benzene rings is 2. The number of rotatable bonds is 7. The lowest BCUT2D eigenvalue weighted by atomic mass is 9.97. The number of anilines is 1. The molecule has 3 N–H and O–H groups in total. The van der Waals surface area contributed by atoms with E-state index in [2.05, 4.69) is 15.4 Å². The van der Waals surface area contributed by atoms with Crippen LogP contribution >= 0.6 is 0 Å². The minimum atomic E-state index is -4.56. The maximum atomic E-state index is 12.5. The smallest absolute Gasteiger partial charge is 0.453 e. The second kappa shape index (κ2) is 10.7. The van der Waals surface area contributed by atoms with E-state index in [4.69, 9.17) is 9.57 Å². The number of carbonyl (C=O) groups excluding carboxylic acids is 5. The molecule has 0 spiro atoms. The molecule has 4 amide bonds. The third-order valence-corrected chi connectivity index (χ3v) is 6.98. The van der Waals surface area contributed by atoms with Gasteiger partial charge in [-0.1, -0.05) is 17.2 Å². The summed E-state index contributed by atoms with van der Waals surface area (Å²) in [5.41, 5.74) is 2.47. The fourth-order valence-electron chi connectivity index (χ4n) is 4.22. The molecule has 2 aromatic carbocycles. The van der Waals surface area contributed by atoms with Crippen LogP contribution in [-0.4, -0.2) is 67.8 Å². The lowest BCUT2D eigenvalue weighted by molar-refractivity contribution is -0.177. The summed E-state index contributed by atoms with van der Waals surface area (Å²) in [4.78, 5) is 64.0. The highest BCUT2D eigenvalue weighted by Gasteiger charge is 2.35. The lowest BCUT2D eigenvalue weighted by Crippen LogP contribution is -2.41. The molecule has 1 aliphatic carbocycles. The first-order chi connectivity index (χ1) is 18.4. The van der Waals surface area contributed by atoms with Gasteiger partial charge in [-0.15, -0.1) is 0 Å². The number of hydrogen-bond donors (Lipinski definition) is 3. The van der Waals surface area contributed by atoms with Crippen LogP contribution < -0.4 is 10.6 Å². The summed E-state index contributed by atoms with van der Waals surface area (Å²) in [7, 11) is -3.40. The number of hydrogen-bond acceptors (Lipinski definition) is 10. The van der Waals surface area contributed by atoms with E-state index in [9.17, 15) is 36.9 Å². The quantitative estimate of drug-likeness (QED) is 0.254. The van der Waals surface area contributed by atoms with Gasteiger partial charge in [-0.25, -0.2) is 9.59 Å². The van der Waals surface area contributed by atoms with Crippen molar-refractivity contribution in [3.63, 3.8) is 0 Å². The molecule has 1 fully saturated rings. The number of nitrogens with one attached hydrogen (secondary N) is 2. The minimum absolute atomic E-state index is 0.101. The van der Waals surface area contributed by atoms with Crippen molar-refractivity contribution in [2.24, 2.45) is 0 Å². The van der Waals surface area contributed by atoms with E-state index in [1.165, 1.54) is 25.1 Å². The molecule has 0 bridgehead atoms. The molecule has 39 heavy (non-hydrogen) atoms. The van der Waals surface area contributed by atoms with Crippen molar-refractivity contribution in [1.29, 1.82) is 0 Å². The highest BCUT2D eigenvalue weighted by molar-refractivity contribution is 7.85. The fourth-order valence-corrected chi connectivity index (χ4v) is 4.73. The van der Waals surface area contributed by atoms with E-state index in [0.717, 1.165) is 7.11 Å². The van der Waals surface area contributed by atoms with Crippen LogP contribution in [0.5, 0.6) is 0 Å². The SMILES string of the molecule is COC(=O)NC(C)C(=O)Nc1ccc2c(c1)C(COC(=O)ON1C(=O)CCC1=O)c1cc(S(=O)(=O)O)ccc1-2. The first-order valence-corrected chi connectivity index (χ1v) is 12.9. The Kier molecular flexibility index (Phi) is 7.56. The van der Waals surface area contributed by atoms with Gasteiger partial charge in [-0.2, -0.15) is 8.42 Å². The van der Waals surface area contributed by atoms with Gasteiger partial charge in [0.15, 0.2) is 0 Å². The molecule has 0 aromatic heterocycles. The van der Waals surface area contributed by atoms with E-state index in [1.54, 1.807) is 18.2 Å². The van der Waals surface area contributed by atoms with Crippen LogP contribution in [0, 0.1) is 0 Å². The van der Waals surface area contributed by atoms with Crippen molar-refractivity contribution in [2.75, 3.05) is 19.0 Å². The van der Waals surface area contributed by atoms with Gasteiger partial charge in [0.2, 0.25) is 5.91 Å². The molecule has 1 saturated heterocycles. The van der Waals surface area contributed by atoms with E-state index in [1.807, 2.05) is 0 Å². The molecule has 0 saturated carbocycles. The van der Waals surface area contributed by atoms with Gasteiger partial charge in [-0.3, -0.25) is 23.8 Å². The van der Waals surface area contributed by atoms with Crippen molar-refractivity contribution in [1.82, 2.24) is 10.4 Å². The molecule has 1 aliphatic heterocycles. The zero-order valence-electron chi connectivity index (χ0n) is 20.6. The standard InChI is InChI=1S/C24H23N3O11S/c1-12(25-23(31)36-2)22(30)26-13-3-5-15-16-6-4-14(39(33,34)35)10-18(16)19(17(15)9-13)11-37-24(32)38-27-20(28)7-8-21(27)29/h3-6,9-10,12,19H,7-8,11H2,1-2H3,(H,25,31)(H,26,30)(H,33,34,35). The molecule has 2 aromatic rings. The Morgan fingerprint density at radius 3 is 2.28 bits per heavy atom. The largest absolute Gasteiger partial charge is 0.533 e. The maximum absolute atomic E-state index is 12.5. The number of imide groups is 1. The Bertz CT molecular complexity index is 1470. The van der Waals surface area contributed by atoms with E-state index in [0.29, 0.717) is 33.0 Å². The number of ether oxygens (including phenoxy) is 2. The van der Waals surface area contributed by atoms with Crippen molar-refractivity contribution in [2.45, 2.75) is 36.6 Å². The first-order valence-electron chi connectivity index (χ1n) is 11.5. The third kappa shape index (κ3) is 5.83. The van der Waals surface area contributed by atoms with Gasteiger partial charge >= 0.3 is 12.2 Å². The van der Waals surface area contributed by atoms with Crippen LogP contribution in [0.3, 0.4) is 0 Å². The normalized spacial score (nSPS) is 16.7. The third-order valence-electron chi connectivity index (χ3n) is 6.13. The minimum Gasteiger partial charge on any atom is -0.453 e. The van der Waals surface area contributed by atoms with Crippen molar-refractivity contribution < 1.29 is 51.3 Å². The number of alkyl carbamates (subject to hydrolysis) is 1. The monoisotopic (exact) mass is 561 g/mol. The molecular formula is C24H23N3O11S. The Hall–Kier alpha value is -4.50. The van der Waals surface area contributed by atoms with Crippen LogP contribution in [0.1, 0.15) is 36.8 Å². The summed E-state index contributed by atoms with van der Waals surface area (Å²) in [5, 5.41) is 5.31. The fraction of sp³-hybridized carbons (Fsp3) is 0.292. The molecular weight excluding hydrogens is 538 g/mol. The Balaban J connectivity index is 1.60. The van der Waals surface area contributed by atoms with Gasteiger partial charge in [-0.05, 0) is 53.4 Å². The first kappa shape index (κ1) is 27.5. The number of nitrogens with zero attached hydrogens (tertiary/aromatic N) is 1. The van der Waals surface area contributed by atoms with Crippen LogP contribution in [0.25, 0.3) is 11.1 Å². The summed E-state index contributed by atoms with van der Waals surface area (Å²) < 4.78 is 42.7. The summed E-state index contributed by atoms with van der Waals surface area (Å²) in [6.07, 6.45) is -2.32. The van der Waals surface area contributed by atoms with Crippen molar-refractivity contribution in [3.8, 4) is 11.1 Å². The Morgan fingerprint density at radius 2 is 1.67 bits per heavy atom. The average Bonchev–Trinajstić information content (AvgIpc) is 3.37. The van der Waals surface area contributed by atoms with E-state index in [-0.39, 0.29) is 17.7 Å². The number of carbonyl (C=O) groups is 5. The molecule has 15 heteroatoms. The molecule has 2 atom stereocenters. The molecule has 206 valence electrons. The van der Waals surface area contributed by atoms with E-state index >= 15 is 0 Å². The highest BCUT2D eigenvalue weighted by Crippen LogP contribution is 2.46. The lowest BCUT2D eigenvalue weighted by Gasteiger charge is -2.17. The molecule has 14 nitrogen and oxygen atoms in total. The van der Waals surface area contributed by atoms with Crippen LogP contribution in [0.4, 0.5) is 15.3 Å². The van der Waals surface area contributed by atoms with Gasteiger partial charge in [0.05, 0.1) is 12.0 Å².